The molecule has 0 saturated carbocycles. The zero-order valence-corrected chi connectivity index (χ0v) is 18.7. The molecule has 15 heteroatoms. The molecule has 0 heterocycles. The quantitative estimate of drug-likeness (QED) is 0.0905. The van der Waals surface area contributed by atoms with Crippen molar-refractivity contribution >= 4 is 35.6 Å². The van der Waals surface area contributed by atoms with Crippen molar-refractivity contribution in [1.29, 1.82) is 0 Å². The topological polar surface area (TPSA) is 271 Å². The SMILES string of the molecule is CC(O)C(NC(=O)C(CC(=O)O)NC(=O)C(N)CCC(=O)O)C(=O)NC(CCCCN)C(=O)O. The number of rotatable bonds is 17. The van der Waals surface area contributed by atoms with Crippen LogP contribution in [0.15, 0.2) is 0 Å². The molecule has 34 heavy (non-hydrogen) atoms. The highest BCUT2D eigenvalue weighted by molar-refractivity contribution is 5.95. The van der Waals surface area contributed by atoms with Crippen LogP contribution >= 0.6 is 0 Å². The van der Waals surface area contributed by atoms with Crippen molar-refractivity contribution in [3.63, 3.8) is 0 Å². The number of hydrogen-bond acceptors (Lipinski definition) is 9. The first kappa shape index (κ1) is 30.7. The molecule has 0 saturated heterocycles. The minimum Gasteiger partial charge on any atom is -0.481 e. The van der Waals surface area contributed by atoms with Gasteiger partial charge in [0.1, 0.15) is 18.1 Å². The van der Waals surface area contributed by atoms with E-state index in [0.717, 1.165) is 6.92 Å². The molecule has 194 valence electrons. The highest BCUT2D eigenvalue weighted by atomic mass is 16.4. The summed E-state index contributed by atoms with van der Waals surface area (Å²) in [7, 11) is 0. The Labute approximate surface area is 195 Å². The fraction of sp³-hybridized carbons (Fsp3) is 0.684. The summed E-state index contributed by atoms with van der Waals surface area (Å²) in [5, 5.41) is 43.3. The Bertz CT molecular complexity index is 745. The Morgan fingerprint density at radius 3 is 1.85 bits per heavy atom. The maximum absolute atomic E-state index is 12.6. The molecule has 0 bridgehead atoms. The summed E-state index contributed by atoms with van der Waals surface area (Å²) in [5.74, 6) is -7.22. The first-order valence-electron chi connectivity index (χ1n) is 10.5. The summed E-state index contributed by atoms with van der Waals surface area (Å²) in [6.07, 6.45) is -2.18. The summed E-state index contributed by atoms with van der Waals surface area (Å²) >= 11 is 0. The van der Waals surface area contributed by atoms with Gasteiger partial charge in [0.05, 0.1) is 18.6 Å². The number of aliphatic hydroxyl groups is 1. The summed E-state index contributed by atoms with van der Waals surface area (Å²) in [4.78, 5) is 70.4. The van der Waals surface area contributed by atoms with Crippen LogP contribution in [-0.2, 0) is 28.8 Å². The van der Waals surface area contributed by atoms with E-state index in [9.17, 15) is 39.0 Å². The van der Waals surface area contributed by atoms with Gasteiger partial charge in [-0.05, 0) is 39.2 Å². The van der Waals surface area contributed by atoms with Gasteiger partial charge in [0, 0.05) is 6.42 Å². The molecule has 5 unspecified atom stereocenters. The third kappa shape index (κ3) is 12.1. The van der Waals surface area contributed by atoms with Crippen LogP contribution in [0.1, 0.15) is 45.4 Å². The number of nitrogens with two attached hydrogens (primary N) is 2. The van der Waals surface area contributed by atoms with Gasteiger partial charge in [0.25, 0.3) is 0 Å². The number of carboxylic acid groups (broad SMARTS) is 3. The molecule has 0 aromatic carbocycles. The van der Waals surface area contributed by atoms with Gasteiger partial charge in [-0.3, -0.25) is 24.0 Å². The monoisotopic (exact) mass is 491 g/mol. The number of hydrogen-bond donors (Lipinski definition) is 9. The van der Waals surface area contributed by atoms with E-state index < -0.39 is 78.7 Å². The number of amides is 3. The van der Waals surface area contributed by atoms with E-state index in [0.29, 0.717) is 19.4 Å². The van der Waals surface area contributed by atoms with E-state index in [-0.39, 0.29) is 12.8 Å². The lowest BCUT2D eigenvalue weighted by atomic mass is 10.1. The highest BCUT2D eigenvalue weighted by Gasteiger charge is 2.33. The number of unbranched alkanes of at least 4 members (excludes halogenated alkanes) is 1. The molecule has 3 amide bonds. The van der Waals surface area contributed by atoms with Crippen molar-refractivity contribution < 1.29 is 49.2 Å². The number of nitrogens with one attached hydrogen (secondary N) is 3. The number of carbonyl (C=O) groups is 6. The average Bonchev–Trinajstić information content (AvgIpc) is 2.73. The van der Waals surface area contributed by atoms with Gasteiger partial charge in [-0.15, -0.1) is 0 Å². The van der Waals surface area contributed by atoms with Gasteiger partial charge >= 0.3 is 17.9 Å². The molecule has 0 aliphatic heterocycles. The summed E-state index contributed by atoms with van der Waals surface area (Å²) in [5.41, 5.74) is 10.9. The van der Waals surface area contributed by atoms with E-state index in [1.54, 1.807) is 0 Å². The van der Waals surface area contributed by atoms with Crippen molar-refractivity contribution in [3.05, 3.63) is 0 Å². The van der Waals surface area contributed by atoms with Gasteiger partial charge < -0.3 is 47.8 Å². The standard InChI is InChI=1S/C19H33N5O10/c1-9(25)15(18(32)22-11(19(33)34)4-2-3-7-20)24-17(31)12(8-14(28)29)23-16(30)10(21)5-6-13(26)27/h9-12,15,25H,2-8,20-21H2,1H3,(H,22,32)(H,23,30)(H,24,31)(H,26,27)(H,28,29)(H,33,34). The van der Waals surface area contributed by atoms with Gasteiger partial charge in [0.15, 0.2) is 0 Å². The molecule has 11 N–H and O–H groups in total. The third-order valence-electron chi connectivity index (χ3n) is 4.64. The predicted octanol–water partition coefficient (Wildman–Crippen LogP) is -3.30. The van der Waals surface area contributed by atoms with Crippen molar-refractivity contribution in [2.75, 3.05) is 6.54 Å². The molecular formula is C19H33N5O10. The summed E-state index contributed by atoms with van der Waals surface area (Å²) in [6.45, 7) is 1.46. The van der Waals surface area contributed by atoms with Gasteiger partial charge in [-0.1, -0.05) is 0 Å². The second-order valence-corrected chi connectivity index (χ2v) is 7.61. The lowest BCUT2D eigenvalue weighted by Crippen LogP contribution is -2.60. The van der Waals surface area contributed by atoms with Crippen LogP contribution in [0.25, 0.3) is 0 Å². The molecule has 0 fully saturated rings. The molecule has 0 aliphatic carbocycles. The number of carboxylic acids is 3. The summed E-state index contributed by atoms with van der Waals surface area (Å²) in [6, 6.07) is -6.05. The Morgan fingerprint density at radius 2 is 1.38 bits per heavy atom. The molecule has 0 aliphatic rings. The lowest BCUT2D eigenvalue weighted by molar-refractivity contribution is -0.144. The van der Waals surface area contributed by atoms with E-state index in [2.05, 4.69) is 16.0 Å². The maximum atomic E-state index is 12.6. The van der Waals surface area contributed by atoms with Crippen LogP contribution in [0, 0.1) is 0 Å². The molecule has 0 aromatic rings. The second-order valence-electron chi connectivity index (χ2n) is 7.61. The van der Waals surface area contributed by atoms with E-state index in [4.69, 9.17) is 21.7 Å². The maximum Gasteiger partial charge on any atom is 0.326 e. The van der Waals surface area contributed by atoms with Gasteiger partial charge in [-0.25, -0.2) is 4.79 Å². The number of aliphatic hydroxyl groups excluding tert-OH is 1. The molecule has 0 rings (SSSR count). The van der Waals surface area contributed by atoms with Crippen LogP contribution in [-0.4, -0.2) is 92.9 Å². The first-order chi connectivity index (χ1) is 15.8. The van der Waals surface area contributed by atoms with E-state index in [1.165, 1.54) is 0 Å². The van der Waals surface area contributed by atoms with Gasteiger partial charge in [0.2, 0.25) is 17.7 Å². The zero-order chi connectivity index (χ0) is 26.4. The van der Waals surface area contributed by atoms with E-state index >= 15 is 0 Å². The number of aliphatic carboxylic acids is 3. The minimum absolute atomic E-state index is 0.0463. The number of carbonyl (C=O) groups excluding carboxylic acids is 3. The average molecular weight is 491 g/mol. The second kappa shape index (κ2) is 15.5. The molecule has 15 nitrogen and oxygen atoms in total. The van der Waals surface area contributed by atoms with Crippen molar-refractivity contribution in [2.45, 2.75) is 75.7 Å². The highest BCUT2D eigenvalue weighted by Crippen LogP contribution is 2.05. The molecule has 0 aromatic heterocycles. The fourth-order valence-corrected chi connectivity index (χ4v) is 2.74. The molecular weight excluding hydrogens is 458 g/mol. The van der Waals surface area contributed by atoms with Crippen LogP contribution < -0.4 is 27.4 Å². The Hall–Kier alpha value is -3.30. The predicted molar refractivity (Wildman–Crippen MR) is 115 cm³/mol. The van der Waals surface area contributed by atoms with Crippen molar-refractivity contribution in [2.24, 2.45) is 11.5 Å². The fourth-order valence-electron chi connectivity index (χ4n) is 2.74. The lowest BCUT2D eigenvalue weighted by Gasteiger charge is -2.26. The Morgan fingerprint density at radius 1 is 0.794 bits per heavy atom. The first-order valence-corrected chi connectivity index (χ1v) is 10.5. The Kier molecular flexibility index (Phi) is 14.0. The van der Waals surface area contributed by atoms with Crippen molar-refractivity contribution in [3.8, 4) is 0 Å². The molecule has 0 radical (unpaired) electrons. The third-order valence-corrected chi connectivity index (χ3v) is 4.64. The van der Waals surface area contributed by atoms with Crippen LogP contribution in [0.5, 0.6) is 0 Å². The van der Waals surface area contributed by atoms with Crippen LogP contribution in [0.2, 0.25) is 0 Å². The molecule has 0 spiro atoms. The van der Waals surface area contributed by atoms with Crippen LogP contribution in [0.3, 0.4) is 0 Å². The van der Waals surface area contributed by atoms with E-state index in [1.807, 2.05) is 0 Å². The minimum atomic E-state index is -1.71. The summed E-state index contributed by atoms with van der Waals surface area (Å²) < 4.78 is 0. The van der Waals surface area contributed by atoms with Crippen LogP contribution in [0.4, 0.5) is 0 Å². The zero-order valence-electron chi connectivity index (χ0n) is 18.7. The largest absolute Gasteiger partial charge is 0.481 e. The normalized spacial score (nSPS) is 15.2. The smallest absolute Gasteiger partial charge is 0.326 e. The van der Waals surface area contributed by atoms with Crippen molar-refractivity contribution in [1.82, 2.24) is 16.0 Å². The van der Waals surface area contributed by atoms with Gasteiger partial charge in [-0.2, -0.15) is 0 Å². The Balaban J connectivity index is 5.36. The molecule has 5 atom stereocenters.